The van der Waals surface area contributed by atoms with Crippen molar-refractivity contribution < 1.29 is 4.79 Å². The van der Waals surface area contributed by atoms with E-state index in [-0.39, 0.29) is 5.91 Å². The van der Waals surface area contributed by atoms with E-state index in [1.54, 1.807) is 0 Å². The van der Waals surface area contributed by atoms with Crippen molar-refractivity contribution in [3.63, 3.8) is 0 Å². The summed E-state index contributed by atoms with van der Waals surface area (Å²) in [6.45, 7) is 0. The van der Waals surface area contributed by atoms with Gasteiger partial charge in [-0.3, -0.25) is 4.79 Å². The molecule has 0 radical (unpaired) electrons. The number of hydrogen-bond donors (Lipinski definition) is 1. The molecule has 4 nitrogen and oxygen atoms in total. The number of benzene rings is 2. The van der Waals surface area contributed by atoms with E-state index in [0.29, 0.717) is 17.3 Å². The van der Waals surface area contributed by atoms with Crippen LogP contribution in [0.3, 0.4) is 0 Å². The normalized spacial score (nSPS) is 16.0. The second-order valence-corrected chi connectivity index (χ2v) is 8.06. The average Bonchev–Trinajstić information content (AvgIpc) is 2.79. The lowest BCUT2D eigenvalue weighted by atomic mass is 9.85. The fourth-order valence-electron chi connectivity index (χ4n) is 4.62. The molecule has 3 aromatic rings. The minimum absolute atomic E-state index is 0.117. The Kier molecular flexibility index (Phi) is 4.84. The molecule has 0 spiro atoms. The topological polar surface area (TPSA) is 54.9 Å². The fourth-order valence-corrected chi connectivity index (χ4v) is 4.62. The van der Waals surface area contributed by atoms with Crippen LogP contribution in [0.1, 0.15) is 65.3 Å². The molecule has 1 aromatic heterocycles. The van der Waals surface area contributed by atoms with Crippen molar-refractivity contribution in [3.05, 3.63) is 77.1 Å². The van der Waals surface area contributed by atoms with Crippen LogP contribution in [0.15, 0.2) is 54.6 Å². The highest BCUT2D eigenvalue weighted by molar-refractivity contribution is 6.04. The first kappa shape index (κ1) is 18.0. The Labute approximate surface area is 171 Å². The van der Waals surface area contributed by atoms with E-state index >= 15 is 0 Å². The van der Waals surface area contributed by atoms with Crippen molar-refractivity contribution in [1.29, 1.82) is 0 Å². The molecule has 0 atom stereocenters. The lowest BCUT2D eigenvalue weighted by Crippen LogP contribution is -2.20. The van der Waals surface area contributed by atoms with Gasteiger partial charge in [-0.05, 0) is 43.4 Å². The van der Waals surface area contributed by atoms with Gasteiger partial charge in [-0.25, -0.2) is 9.97 Å². The van der Waals surface area contributed by atoms with Crippen LogP contribution in [-0.2, 0) is 12.8 Å². The smallest absolute Gasteiger partial charge is 0.256 e. The predicted molar refractivity (Wildman–Crippen MR) is 115 cm³/mol. The van der Waals surface area contributed by atoms with Crippen LogP contribution in [0, 0.1) is 0 Å². The van der Waals surface area contributed by atoms with Gasteiger partial charge in [0.15, 0.2) is 5.82 Å². The molecule has 29 heavy (non-hydrogen) atoms. The van der Waals surface area contributed by atoms with E-state index < -0.39 is 0 Å². The summed E-state index contributed by atoms with van der Waals surface area (Å²) in [6.07, 6.45) is 7.76. The largest absolute Gasteiger partial charge is 0.305 e. The van der Waals surface area contributed by atoms with Gasteiger partial charge >= 0.3 is 0 Å². The number of anilines is 1. The highest BCUT2D eigenvalue weighted by Crippen LogP contribution is 2.39. The van der Waals surface area contributed by atoms with Crippen LogP contribution < -0.4 is 5.32 Å². The summed E-state index contributed by atoms with van der Waals surface area (Å²) in [5.74, 6) is 0.902. The monoisotopic (exact) mass is 383 g/mol. The maximum Gasteiger partial charge on any atom is 0.256 e. The molecule has 0 saturated heterocycles. The first-order chi connectivity index (χ1) is 14.3. The van der Waals surface area contributed by atoms with Gasteiger partial charge in [0.1, 0.15) is 0 Å². The van der Waals surface area contributed by atoms with Crippen LogP contribution in [0.25, 0.3) is 11.3 Å². The zero-order valence-electron chi connectivity index (χ0n) is 16.5. The first-order valence-electron chi connectivity index (χ1n) is 10.6. The maximum atomic E-state index is 12.8. The zero-order chi connectivity index (χ0) is 19.6. The summed E-state index contributed by atoms with van der Waals surface area (Å²) >= 11 is 0. The van der Waals surface area contributed by atoms with Gasteiger partial charge in [0.25, 0.3) is 5.91 Å². The highest BCUT2D eigenvalue weighted by atomic mass is 16.1. The minimum atomic E-state index is -0.117. The fraction of sp³-hybridized carbons (Fsp3) is 0.320. The number of carbonyl (C=O) groups is 1. The molecule has 2 aliphatic rings. The summed E-state index contributed by atoms with van der Waals surface area (Å²) in [4.78, 5) is 22.9. The Morgan fingerprint density at radius 1 is 0.862 bits per heavy atom. The standard InChI is InChI=1S/C25H25N3O/c29-25(19-12-5-2-6-13-19)28-24-22(18-10-3-1-4-11-18)27-23-20-14-8-7-9-17(20)15-16-21(23)26-24/h2,5-9,12-14,18H,1,3-4,10-11,15-16H2,(H,26,28,29). The Morgan fingerprint density at radius 3 is 2.45 bits per heavy atom. The van der Waals surface area contributed by atoms with Gasteiger partial charge in [-0.1, -0.05) is 61.7 Å². The van der Waals surface area contributed by atoms with E-state index in [0.717, 1.165) is 42.8 Å². The Morgan fingerprint density at radius 2 is 1.62 bits per heavy atom. The quantitative estimate of drug-likeness (QED) is 0.646. The van der Waals surface area contributed by atoms with E-state index in [4.69, 9.17) is 9.97 Å². The number of nitrogens with zero attached hydrogens (tertiary/aromatic N) is 2. The number of nitrogens with one attached hydrogen (secondary N) is 1. The number of aromatic nitrogens is 2. The molecule has 146 valence electrons. The summed E-state index contributed by atoms with van der Waals surface area (Å²) in [6, 6.07) is 17.8. The molecule has 1 heterocycles. The summed E-state index contributed by atoms with van der Waals surface area (Å²) in [7, 11) is 0. The van der Waals surface area contributed by atoms with Crippen molar-refractivity contribution in [2.75, 3.05) is 5.32 Å². The molecular formula is C25H25N3O. The van der Waals surface area contributed by atoms with Gasteiger partial charge < -0.3 is 5.32 Å². The van der Waals surface area contributed by atoms with Crippen molar-refractivity contribution in [1.82, 2.24) is 9.97 Å². The summed E-state index contributed by atoms with van der Waals surface area (Å²) in [5, 5.41) is 3.09. The Bertz CT molecular complexity index is 1040. The number of amides is 1. The van der Waals surface area contributed by atoms with E-state index in [2.05, 4.69) is 29.6 Å². The van der Waals surface area contributed by atoms with E-state index in [1.807, 2.05) is 30.3 Å². The predicted octanol–water partition coefficient (Wildman–Crippen LogP) is 5.54. The Balaban J connectivity index is 1.57. The van der Waals surface area contributed by atoms with E-state index in [9.17, 15) is 4.79 Å². The number of carbonyl (C=O) groups excluding carboxylic acids is 1. The summed E-state index contributed by atoms with van der Waals surface area (Å²) in [5.41, 5.74) is 6.14. The van der Waals surface area contributed by atoms with Crippen LogP contribution in [0.5, 0.6) is 0 Å². The highest BCUT2D eigenvalue weighted by Gasteiger charge is 2.27. The SMILES string of the molecule is O=C(Nc1nc2c(nc1C1CCCCC1)-c1ccccc1CC2)c1ccccc1. The second kappa shape index (κ2) is 7.78. The van der Waals surface area contributed by atoms with Crippen molar-refractivity contribution in [2.24, 2.45) is 0 Å². The second-order valence-electron chi connectivity index (χ2n) is 8.06. The third-order valence-electron chi connectivity index (χ3n) is 6.16. The number of hydrogen-bond acceptors (Lipinski definition) is 3. The lowest BCUT2D eigenvalue weighted by Gasteiger charge is -2.26. The first-order valence-corrected chi connectivity index (χ1v) is 10.6. The molecule has 1 saturated carbocycles. The maximum absolute atomic E-state index is 12.8. The zero-order valence-corrected chi connectivity index (χ0v) is 16.5. The molecule has 1 fully saturated rings. The van der Waals surface area contributed by atoms with Crippen LogP contribution >= 0.6 is 0 Å². The molecule has 1 N–H and O–H groups in total. The molecule has 0 bridgehead atoms. The third-order valence-corrected chi connectivity index (χ3v) is 6.16. The third kappa shape index (κ3) is 3.55. The summed E-state index contributed by atoms with van der Waals surface area (Å²) < 4.78 is 0. The molecule has 1 amide bonds. The van der Waals surface area contributed by atoms with Crippen molar-refractivity contribution >= 4 is 11.7 Å². The van der Waals surface area contributed by atoms with Gasteiger partial charge in [-0.15, -0.1) is 0 Å². The van der Waals surface area contributed by atoms with Crippen LogP contribution in [0.4, 0.5) is 5.82 Å². The molecule has 5 rings (SSSR count). The molecule has 4 heteroatoms. The molecule has 2 aliphatic carbocycles. The lowest BCUT2D eigenvalue weighted by molar-refractivity contribution is 0.102. The molecule has 0 unspecified atom stereocenters. The molecule has 0 aliphatic heterocycles. The van der Waals surface area contributed by atoms with Crippen LogP contribution in [-0.4, -0.2) is 15.9 Å². The van der Waals surface area contributed by atoms with E-state index in [1.165, 1.54) is 30.4 Å². The minimum Gasteiger partial charge on any atom is -0.305 e. The Hall–Kier alpha value is -3.01. The van der Waals surface area contributed by atoms with Gasteiger partial charge in [0.05, 0.1) is 17.1 Å². The molecular weight excluding hydrogens is 358 g/mol. The molecule has 2 aromatic carbocycles. The number of fused-ring (bicyclic) bond motifs is 3. The average molecular weight is 383 g/mol. The number of rotatable bonds is 3. The van der Waals surface area contributed by atoms with Crippen LogP contribution in [0.2, 0.25) is 0 Å². The van der Waals surface area contributed by atoms with Gasteiger partial charge in [-0.2, -0.15) is 0 Å². The van der Waals surface area contributed by atoms with Gasteiger partial charge in [0, 0.05) is 17.0 Å². The van der Waals surface area contributed by atoms with Crippen molar-refractivity contribution in [3.8, 4) is 11.3 Å². The van der Waals surface area contributed by atoms with Gasteiger partial charge in [0.2, 0.25) is 0 Å². The van der Waals surface area contributed by atoms with Crippen molar-refractivity contribution in [2.45, 2.75) is 50.9 Å². The number of aryl methyl sites for hydroxylation is 2.